The van der Waals surface area contributed by atoms with Crippen molar-refractivity contribution in [3.05, 3.63) is 53.9 Å². The summed E-state index contributed by atoms with van der Waals surface area (Å²) < 4.78 is 38.2. The van der Waals surface area contributed by atoms with E-state index in [4.69, 9.17) is 0 Å². The molecule has 1 amide bonds. The lowest BCUT2D eigenvalue weighted by molar-refractivity contribution is -0.141. The molecule has 0 radical (unpaired) electrons. The zero-order chi connectivity index (χ0) is 17.0. The van der Waals surface area contributed by atoms with Gasteiger partial charge in [-0.1, -0.05) is 30.3 Å². The Morgan fingerprint density at radius 3 is 2.39 bits per heavy atom. The Bertz CT molecular complexity index is 674. The molecule has 23 heavy (non-hydrogen) atoms. The van der Waals surface area contributed by atoms with Gasteiger partial charge in [0.25, 0.3) is 0 Å². The van der Waals surface area contributed by atoms with E-state index in [0.717, 1.165) is 12.3 Å². The van der Waals surface area contributed by atoms with Crippen LogP contribution in [0.5, 0.6) is 0 Å². The number of carbonyl (C=O) groups excluding carboxylic acids is 1. The molecule has 0 bridgehead atoms. The first-order chi connectivity index (χ1) is 10.8. The molecule has 0 fully saturated rings. The zero-order valence-electron chi connectivity index (χ0n) is 12.5. The Labute approximate surface area is 131 Å². The molecule has 1 heterocycles. The van der Waals surface area contributed by atoms with Crippen molar-refractivity contribution in [1.82, 2.24) is 14.9 Å². The summed E-state index contributed by atoms with van der Waals surface area (Å²) >= 11 is 0. The second kappa shape index (κ2) is 6.64. The number of amides is 1. The number of alkyl halides is 3. The number of hydrogen-bond donors (Lipinski definition) is 1. The Morgan fingerprint density at radius 1 is 1.17 bits per heavy atom. The molecule has 0 saturated carbocycles. The van der Waals surface area contributed by atoms with Gasteiger partial charge < -0.3 is 10.2 Å². The number of carbonyl (C=O) groups is 1. The molecule has 8 heteroatoms. The highest BCUT2D eigenvalue weighted by Gasteiger charge is 2.33. The van der Waals surface area contributed by atoms with E-state index in [1.54, 1.807) is 44.4 Å². The lowest BCUT2D eigenvalue weighted by Crippen LogP contribution is -2.33. The van der Waals surface area contributed by atoms with Crippen LogP contribution in [0.1, 0.15) is 17.3 Å². The second-order valence-corrected chi connectivity index (χ2v) is 4.98. The minimum absolute atomic E-state index is 0.260. The van der Waals surface area contributed by atoms with Gasteiger partial charge in [-0.05, 0) is 11.6 Å². The summed E-state index contributed by atoms with van der Waals surface area (Å²) in [5.74, 6) is -0.582. The number of hydrogen-bond acceptors (Lipinski definition) is 4. The molecule has 122 valence electrons. The predicted molar refractivity (Wildman–Crippen MR) is 78.5 cm³/mol. The van der Waals surface area contributed by atoms with Gasteiger partial charge in [-0.3, -0.25) is 4.79 Å². The van der Waals surface area contributed by atoms with Crippen LogP contribution >= 0.6 is 0 Å². The molecular formula is C15H15F3N4O. The average Bonchev–Trinajstić information content (AvgIpc) is 2.52. The van der Waals surface area contributed by atoms with Crippen LogP contribution in [0.3, 0.4) is 0 Å². The fraction of sp³-hybridized carbons (Fsp3) is 0.267. The van der Waals surface area contributed by atoms with Crippen LogP contribution in [-0.4, -0.2) is 34.9 Å². The fourth-order valence-corrected chi connectivity index (χ4v) is 1.91. The number of nitrogens with zero attached hydrogens (tertiary/aromatic N) is 3. The standard InChI is InChI=1S/C15H15F3N4O/c1-22(2)13(23)12(10-6-4-3-5-7-10)21-14-19-9-8-11(20-14)15(16,17)18/h3-9,12H,1-2H3,(H,19,20,21). The molecule has 0 aliphatic carbocycles. The summed E-state index contributed by atoms with van der Waals surface area (Å²) in [6.07, 6.45) is -3.58. The molecule has 1 aromatic heterocycles. The van der Waals surface area contributed by atoms with Gasteiger partial charge in [0.05, 0.1) is 0 Å². The maximum Gasteiger partial charge on any atom is 0.433 e. The van der Waals surface area contributed by atoms with Gasteiger partial charge in [-0.2, -0.15) is 13.2 Å². The number of halogens is 3. The Morgan fingerprint density at radius 2 is 1.83 bits per heavy atom. The number of likely N-dealkylation sites (N-methyl/N-ethyl adjacent to an activating group) is 1. The van der Waals surface area contributed by atoms with E-state index in [0.29, 0.717) is 5.56 Å². The zero-order valence-corrected chi connectivity index (χ0v) is 12.5. The van der Waals surface area contributed by atoms with Crippen molar-refractivity contribution in [3.8, 4) is 0 Å². The Balaban J connectivity index is 2.34. The molecule has 1 unspecified atom stereocenters. The van der Waals surface area contributed by atoms with Gasteiger partial charge in [0, 0.05) is 20.3 Å². The first-order valence-corrected chi connectivity index (χ1v) is 6.72. The van der Waals surface area contributed by atoms with E-state index < -0.39 is 17.9 Å². The van der Waals surface area contributed by atoms with Crippen LogP contribution in [-0.2, 0) is 11.0 Å². The molecule has 0 aliphatic rings. The SMILES string of the molecule is CN(C)C(=O)C(Nc1nccc(C(F)(F)F)n1)c1ccccc1. The normalized spacial score (nSPS) is 12.6. The maximum absolute atomic E-state index is 12.7. The fourth-order valence-electron chi connectivity index (χ4n) is 1.91. The molecule has 0 saturated heterocycles. The van der Waals surface area contributed by atoms with Crippen molar-refractivity contribution in [2.45, 2.75) is 12.2 Å². The van der Waals surface area contributed by atoms with E-state index in [9.17, 15) is 18.0 Å². The Hall–Kier alpha value is -2.64. The van der Waals surface area contributed by atoms with Crippen LogP contribution in [0.25, 0.3) is 0 Å². The van der Waals surface area contributed by atoms with Gasteiger partial charge in [0.1, 0.15) is 11.7 Å². The number of aromatic nitrogens is 2. The highest BCUT2D eigenvalue weighted by Crippen LogP contribution is 2.28. The molecule has 2 aromatic rings. The summed E-state index contributed by atoms with van der Waals surface area (Å²) in [6.45, 7) is 0. The van der Waals surface area contributed by atoms with E-state index in [1.165, 1.54) is 4.90 Å². The van der Waals surface area contributed by atoms with Crippen LogP contribution in [0.4, 0.5) is 19.1 Å². The van der Waals surface area contributed by atoms with E-state index in [2.05, 4.69) is 15.3 Å². The van der Waals surface area contributed by atoms with Gasteiger partial charge in [-0.25, -0.2) is 9.97 Å². The third-order valence-electron chi connectivity index (χ3n) is 3.04. The van der Waals surface area contributed by atoms with Crippen molar-refractivity contribution >= 4 is 11.9 Å². The lowest BCUT2D eigenvalue weighted by Gasteiger charge is -2.22. The largest absolute Gasteiger partial charge is 0.433 e. The van der Waals surface area contributed by atoms with Crippen LogP contribution in [0, 0.1) is 0 Å². The van der Waals surface area contributed by atoms with Gasteiger partial charge in [0.15, 0.2) is 0 Å². The van der Waals surface area contributed by atoms with E-state index >= 15 is 0 Å². The first kappa shape index (κ1) is 16.7. The first-order valence-electron chi connectivity index (χ1n) is 6.72. The van der Waals surface area contributed by atoms with Crippen LogP contribution < -0.4 is 5.32 Å². The lowest BCUT2D eigenvalue weighted by atomic mass is 10.1. The summed E-state index contributed by atoms with van der Waals surface area (Å²) in [7, 11) is 3.12. The monoisotopic (exact) mass is 324 g/mol. The smallest absolute Gasteiger partial charge is 0.347 e. The maximum atomic E-state index is 12.7. The molecular weight excluding hydrogens is 309 g/mol. The van der Waals surface area contributed by atoms with E-state index in [-0.39, 0.29) is 11.9 Å². The van der Waals surface area contributed by atoms with Crippen molar-refractivity contribution in [2.24, 2.45) is 0 Å². The highest BCUT2D eigenvalue weighted by molar-refractivity contribution is 5.85. The minimum Gasteiger partial charge on any atom is -0.347 e. The molecule has 2 rings (SSSR count). The summed E-state index contributed by atoms with van der Waals surface area (Å²) in [5, 5.41) is 2.68. The van der Waals surface area contributed by atoms with Crippen molar-refractivity contribution in [2.75, 3.05) is 19.4 Å². The highest BCUT2D eigenvalue weighted by atomic mass is 19.4. The number of anilines is 1. The van der Waals surface area contributed by atoms with Gasteiger partial charge >= 0.3 is 6.18 Å². The van der Waals surface area contributed by atoms with Crippen molar-refractivity contribution < 1.29 is 18.0 Å². The summed E-state index contributed by atoms with van der Waals surface area (Å²) in [4.78, 5) is 20.9. The number of rotatable bonds is 4. The average molecular weight is 324 g/mol. The predicted octanol–water partition coefficient (Wildman–Crippen LogP) is 2.74. The number of nitrogens with one attached hydrogen (secondary N) is 1. The molecule has 0 spiro atoms. The molecule has 0 aliphatic heterocycles. The number of benzene rings is 1. The summed E-state index contributed by atoms with van der Waals surface area (Å²) in [5.41, 5.74) is -0.466. The third-order valence-corrected chi connectivity index (χ3v) is 3.04. The topological polar surface area (TPSA) is 58.1 Å². The Kier molecular flexibility index (Phi) is 4.83. The summed E-state index contributed by atoms with van der Waals surface area (Å²) in [6, 6.07) is 8.55. The van der Waals surface area contributed by atoms with Crippen molar-refractivity contribution in [1.29, 1.82) is 0 Å². The molecule has 1 N–H and O–H groups in total. The molecule has 1 atom stereocenters. The minimum atomic E-state index is -4.58. The van der Waals surface area contributed by atoms with E-state index in [1.807, 2.05) is 0 Å². The van der Waals surface area contributed by atoms with Crippen LogP contribution in [0.2, 0.25) is 0 Å². The van der Waals surface area contributed by atoms with Crippen molar-refractivity contribution in [3.63, 3.8) is 0 Å². The quantitative estimate of drug-likeness (QED) is 0.939. The molecule has 5 nitrogen and oxygen atoms in total. The third kappa shape index (κ3) is 4.18. The second-order valence-electron chi connectivity index (χ2n) is 4.98. The van der Waals surface area contributed by atoms with Crippen LogP contribution in [0.15, 0.2) is 42.6 Å². The van der Waals surface area contributed by atoms with Gasteiger partial charge in [-0.15, -0.1) is 0 Å². The molecule has 1 aromatic carbocycles. The van der Waals surface area contributed by atoms with Gasteiger partial charge in [0.2, 0.25) is 11.9 Å².